The fourth-order valence-corrected chi connectivity index (χ4v) is 4.38. The summed E-state index contributed by atoms with van der Waals surface area (Å²) >= 11 is 0. The van der Waals surface area contributed by atoms with Crippen molar-refractivity contribution in [3.05, 3.63) is 18.2 Å². The molecule has 1 aliphatic heterocycles. The van der Waals surface area contributed by atoms with Crippen molar-refractivity contribution in [3.8, 4) is 11.5 Å². The van der Waals surface area contributed by atoms with E-state index in [1.54, 1.807) is 12.1 Å². The average molecular weight is 314 g/mol. The van der Waals surface area contributed by atoms with E-state index in [2.05, 4.69) is 4.90 Å². The minimum atomic E-state index is -3.61. The molecule has 0 saturated carbocycles. The van der Waals surface area contributed by atoms with Gasteiger partial charge in [-0.1, -0.05) is 0 Å². The summed E-state index contributed by atoms with van der Waals surface area (Å²) < 4.78 is 37.7. The first-order chi connectivity index (χ1) is 9.90. The van der Waals surface area contributed by atoms with Crippen LogP contribution in [-0.4, -0.2) is 64.6 Å². The highest BCUT2D eigenvalue weighted by atomic mass is 32.2. The van der Waals surface area contributed by atoms with Gasteiger partial charge in [-0.15, -0.1) is 0 Å². The third-order valence-corrected chi connectivity index (χ3v) is 5.76. The third kappa shape index (κ3) is 3.14. The Hall–Kier alpha value is -1.31. The van der Waals surface area contributed by atoms with Crippen molar-refractivity contribution >= 4 is 10.0 Å². The molecule has 1 aliphatic rings. The molecule has 0 spiro atoms. The van der Waals surface area contributed by atoms with Gasteiger partial charge in [0.2, 0.25) is 10.0 Å². The highest BCUT2D eigenvalue weighted by Crippen LogP contribution is 2.32. The van der Waals surface area contributed by atoms with Crippen LogP contribution < -0.4 is 9.47 Å². The zero-order chi connectivity index (χ0) is 15.6. The van der Waals surface area contributed by atoms with E-state index < -0.39 is 10.0 Å². The Kier molecular flexibility index (Phi) is 4.75. The Morgan fingerprint density at radius 2 is 1.90 bits per heavy atom. The highest BCUT2D eigenvalue weighted by Gasteiger charge is 2.34. The maximum Gasteiger partial charge on any atom is 0.247 e. The van der Waals surface area contributed by atoms with Gasteiger partial charge < -0.3 is 14.4 Å². The molecule has 0 radical (unpaired) electrons. The van der Waals surface area contributed by atoms with Gasteiger partial charge in [0.15, 0.2) is 0 Å². The third-order valence-electron chi connectivity index (χ3n) is 3.73. The van der Waals surface area contributed by atoms with Gasteiger partial charge >= 0.3 is 0 Å². The van der Waals surface area contributed by atoms with Crippen LogP contribution in [0.15, 0.2) is 23.1 Å². The number of nitrogens with zero attached hydrogens (tertiary/aromatic N) is 2. The molecule has 0 aliphatic carbocycles. The Bertz CT molecular complexity index is 603. The van der Waals surface area contributed by atoms with Crippen LogP contribution in [0.4, 0.5) is 0 Å². The Labute approximate surface area is 126 Å². The molecule has 1 heterocycles. The lowest BCUT2D eigenvalue weighted by atomic mass is 10.2. The zero-order valence-corrected chi connectivity index (χ0v) is 13.7. The quantitative estimate of drug-likeness (QED) is 0.831. The number of likely N-dealkylation sites (N-methyl/N-ethyl adjacent to an activating group) is 1. The highest BCUT2D eigenvalue weighted by molar-refractivity contribution is 7.89. The summed E-state index contributed by atoms with van der Waals surface area (Å²) in [5.74, 6) is 0.832. The van der Waals surface area contributed by atoms with Crippen molar-refractivity contribution in [2.75, 3.05) is 40.9 Å². The van der Waals surface area contributed by atoms with Gasteiger partial charge in [0.05, 0.1) is 14.2 Å². The molecule has 2 rings (SSSR count). The monoisotopic (exact) mass is 314 g/mol. The Morgan fingerprint density at radius 1 is 1.19 bits per heavy atom. The first kappa shape index (κ1) is 16.1. The molecular formula is C14H22N2O4S. The SMILES string of the molecule is COc1ccc(OC)c(S(=O)(=O)N2CCN(C)CC2C)c1. The van der Waals surface area contributed by atoms with Crippen LogP contribution in [0.25, 0.3) is 0 Å². The molecule has 21 heavy (non-hydrogen) atoms. The zero-order valence-electron chi connectivity index (χ0n) is 12.9. The van der Waals surface area contributed by atoms with Gasteiger partial charge in [-0.2, -0.15) is 4.31 Å². The van der Waals surface area contributed by atoms with Crippen LogP contribution in [-0.2, 0) is 10.0 Å². The van der Waals surface area contributed by atoms with E-state index in [1.165, 1.54) is 24.6 Å². The van der Waals surface area contributed by atoms with Gasteiger partial charge in [0.25, 0.3) is 0 Å². The number of hydrogen-bond donors (Lipinski definition) is 0. The number of benzene rings is 1. The smallest absolute Gasteiger partial charge is 0.247 e. The van der Waals surface area contributed by atoms with Gasteiger partial charge in [0, 0.05) is 31.7 Å². The molecule has 0 aromatic heterocycles. The molecule has 1 unspecified atom stereocenters. The van der Waals surface area contributed by atoms with Crippen molar-refractivity contribution in [2.45, 2.75) is 17.9 Å². The fourth-order valence-electron chi connectivity index (χ4n) is 2.59. The second kappa shape index (κ2) is 6.21. The lowest BCUT2D eigenvalue weighted by Gasteiger charge is -2.37. The molecule has 1 atom stereocenters. The largest absolute Gasteiger partial charge is 0.497 e. The van der Waals surface area contributed by atoms with E-state index in [-0.39, 0.29) is 10.9 Å². The van der Waals surface area contributed by atoms with E-state index in [0.29, 0.717) is 24.6 Å². The predicted molar refractivity (Wildman–Crippen MR) is 80.4 cm³/mol. The molecule has 1 aromatic carbocycles. The van der Waals surface area contributed by atoms with Crippen LogP contribution in [0.2, 0.25) is 0 Å². The standard InChI is InChI=1S/C14H22N2O4S/c1-11-10-15(2)7-8-16(11)21(17,18)14-9-12(19-3)5-6-13(14)20-4/h5-6,9,11H,7-8,10H2,1-4H3. The summed E-state index contributed by atoms with van der Waals surface area (Å²) in [6.07, 6.45) is 0. The van der Waals surface area contributed by atoms with Crippen molar-refractivity contribution in [2.24, 2.45) is 0 Å². The summed E-state index contributed by atoms with van der Waals surface area (Å²) in [7, 11) is 1.36. The molecule has 0 amide bonds. The van der Waals surface area contributed by atoms with Crippen LogP contribution in [0, 0.1) is 0 Å². The van der Waals surface area contributed by atoms with Crippen LogP contribution in [0.3, 0.4) is 0 Å². The number of hydrogen-bond acceptors (Lipinski definition) is 5. The van der Waals surface area contributed by atoms with Crippen molar-refractivity contribution in [1.29, 1.82) is 0 Å². The van der Waals surface area contributed by atoms with E-state index in [9.17, 15) is 8.42 Å². The van der Waals surface area contributed by atoms with Gasteiger partial charge in [-0.3, -0.25) is 0 Å². The van der Waals surface area contributed by atoms with Crippen molar-refractivity contribution in [3.63, 3.8) is 0 Å². The number of rotatable bonds is 4. The van der Waals surface area contributed by atoms with Gasteiger partial charge in [0.1, 0.15) is 16.4 Å². The minimum absolute atomic E-state index is 0.0790. The van der Waals surface area contributed by atoms with Crippen LogP contribution in [0.5, 0.6) is 11.5 Å². The Morgan fingerprint density at radius 3 is 2.48 bits per heavy atom. The fraction of sp³-hybridized carbons (Fsp3) is 0.571. The van der Waals surface area contributed by atoms with Gasteiger partial charge in [-0.05, 0) is 26.1 Å². The van der Waals surface area contributed by atoms with E-state index in [1.807, 2.05) is 14.0 Å². The van der Waals surface area contributed by atoms with E-state index >= 15 is 0 Å². The molecule has 118 valence electrons. The lowest BCUT2D eigenvalue weighted by molar-refractivity contribution is 0.170. The number of ether oxygens (including phenoxy) is 2. The maximum absolute atomic E-state index is 12.9. The topological polar surface area (TPSA) is 59.1 Å². The summed E-state index contributed by atoms with van der Waals surface area (Å²) in [6.45, 7) is 3.82. The molecule has 1 aromatic rings. The first-order valence-corrected chi connectivity index (χ1v) is 8.26. The predicted octanol–water partition coefficient (Wildman–Crippen LogP) is 1.03. The normalized spacial score (nSPS) is 21.2. The van der Waals surface area contributed by atoms with E-state index in [4.69, 9.17) is 9.47 Å². The minimum Gasteiger partial charge on any atom is -0.497 e. The molecule has 1 fully saturated rings. The Balaban J connectivity index is 2.43. The molecular weight excluding hydrogens is 292 g/mol. The lowest BCUT2D eigenvalue weighted by Crippen LogP contribution is -2.52. The summed E-state index contributed by atoms with van der Waals surface area (Å²) in [5, 5.41) is 0. The first-order valence-electron chi connectivity index (χ1n) is 6.82. The number of sulfonamides is 1. The second-order valence-corrected chi connectivity index (χ2v) is 7.10. The molecule has 0 bridgehead atoms. The second-order valence-electron chi connectivity index (χ2n) is 5.24. The van der Waals surface area contributed by atoms with E-state index in [0.717, 1.165) is 6.54 Å². The number of piperazine rings is 1. The maximum atomic E-state index is 12.9. The number of methoxy groups -OCH3 is 2. The van der Waals surface area contributed by atoms with Gasteiger partial charge in [-0.25, -0.2) is 8.42 Å². The molecule has 0 N–H and O–H groups in total. The van der Waals surface area contributed by atoms with Crippen LogP contribution in [0.1, 0.15) is 6.92 Å². The average Bonchev–Trinajstić information content (AvgIpc) is 2.46. The summed E-state index contributed by atoms with van der Waals surface area (Å²) in [5.41, 5.74) is 0. The molecule has 6 nitrogen and oxygen atoms in total. The van der Waals surface area contributed by atoms with Crippen molar-refractivity contribution < 1.29 is 17.9 Å². The van der Waals surface area contributed by atoms with Crippen molar-refractivity contribution in [1.82, 2.24) is 9.21 Å². The summed E-state index contributed by atoms with van der Waals surface area (Å²) in [4.78, 5) is 2.28. The van der Waals surface area contributed by atoms with Crippen LogP contribution >= 0.6 is 0 Å². The molecule has 1 saturated heterocycles. The summed E-state index contributed by atoms with van der Waals surface area (Å²) in [6, 6.07) is 4.74. The molecule has 7 heteroatoms.